The van der Waals surface area contributed by atoms with Crippen LogP contribution in [0.15, 0.2) is 48.5 Å². The summed E-state index contributed by atoms with van der Waals surface area (Å²) < 4.78 is 28.4. The topological polar surface area (TPSA) is 168 Å². The van der Waals surface area contributed by atoms with Crippen molar-refractivity contribution in [3.05, 3.63) is 59.7 Å². The zero-order valence-electron chi connectivity index (χ0n) is 20.5. The Hall–Kier alpha value is -2.32. The van der Waals surface area contributed by atoms with Crippen LogP contribution in [0.4, 0.5) is 0 Å². The SMILES string of the molecule is Cc1ccccc1OC[C@H]1O[C@H](O[C@H]2O[C@H](COc3ccccc3C)[C@@H](O)[C@H](O)[C@H]2O)[C@H](O)[C@@H](O)[C@H]1O. The van der Waals surface area contributed by atoms with Gasteiger partial charge in [0.05, 0.1) is 0 Å². The van der Waals surface area contributed by atoms with Gasteiger partial charge in [0, 0.05) is 0 Å². The first-order valence-corrected chi connectivity index (χ1v) is 12.1. The van der Waals surface area contributed by atoms with Crippen LogP contribution in [0.5, 0.6) is 11.5 Å². The summed E-state index contributed by atoms with van der Waals surface area (Å²) >= 11 is 0. The molecule has 0 aromatic heterocycles. The van der Waals surface area contributed by atoms with E-state index in [0.717, 1.165) is 11.1 Å². The van der Waals surface area contributed by atoms with Gasteiger partial charge in [-0.25, -0.2) is 0 Å². The number of ether oxygens (including phenoxy) is 5. The fourth-order valence-electron chi connectivity index (χ4n) is 4.25. The molecule has 0 spiro atoms. The molecule has 0 radical (unpaired) electrons. The maximum Gasteiger partial charge on any atom is 0.189 e. The molecule has 2 aromatic rings. The Kier molecular flexibility index (Phi) is 9.01. The highest BCUT2D eigenvalue weighted by Gasteiger charge is 2.50. The second-order valence-corrected chi connectivity index (χ2v) is 9.32. The number of rotatable bonds is 8. The molecule has 0 amide bonds. The number of para-hydroxylation sites is 2. The summed E-state index contributed by atoms with van der Waals surface area (Å²) in [6.07, 6.45) is -15.0. The maximum absolute atomic E-state index is 10.5. The van der Waals surface area contributed by atoms with Crippen LogP contribution in [0.25, 0.3) is 0 Å². The normalized spacial score (nSPS) is 36.2. The molecule has 10 atom stereocenters. The molecule has 204 valence electrons. The van der Waals surface area contributed by atoms with Crippen LogP contribution in [0.2, 0.25) is 0 Å². The van der Waals surface area contributed by atoms with E-state index in [9.17, 15) is 30.6 Å². The van der Waals surface area contributed by atoms with Crippen LogP contribution in [0.1, 0.15) is 11.1 Å². The van der Waals surface area contributed by atoms with Crippen molar-refractivity contribution in [3.63, 3.8) is 0 Å². The Balaban J connectivity index is 1.41. The molecule has 0 saturated carbocycles. The average Bonchev–Trinajstić information content (AvgIpc) is 2.89. The standard InChI is InChI=1S/C26H34O11/c1-13-7-3-5-9-15(13)33-11-17-19(27)21(29)23(31)25(35-17)37-26-24(32)22(30)20(28)18(36-26)12-34-16-10-6-4-8-14(16)2/h3-10,17-32H,11-12H2,1-2H3/t17-,18-,19-,20+,21+,22+,23-,24-,25-,26-/m1/s1. The molecule has 4 rings (SSSR count). The zero-order chi connectivity index (χ0) is 26.7. The molecule has 2 heterocycles. The lowest BCUT2D eigenvalue weighted by Gasteiger charge is -2.44. The monoisotopic (exact) mass is 522 g/mol. The van der Waals surface area contributed by atoms with Crippen molar-refractivity contribution in [2.24, 2.45) is 0 Å². The van der Waals surface area contributed by atoms with Gasteiger partial charge < -0.3 is 54.3 Å². The molecule has 6 N–H and O–H groups in total. The highest BCUT2D eigenvalue weighted by molar-refractivity contribution is 5.32. The molecule has 11 heteroatoms. The summed E-state index contributed by atoms with van der Waals surface area (Å²) in [5.74, 6) is 1.10. The second kappa shape index (κ2) is 12.0. The smallest absolute Gasteiger partial charge is 0.189 e. The molecule has 0 unspecified atom stereocenters. The van der Waals surface area contributed by atoms with Crippen LogP contribution in [0.3, 0.4) is 0 Å². The summed E-state index contributed by atoms with van der Waals surface area (Å²) in [7, 11) is 0. The van der Waals surface area contributed by atoms with E-state index in [2.05, 4.69) is 0 Å². The minimum absolute atomic E-state index is 0.169. The number of hydrogen-bond acceptors (Lipinski definition) is 11. The van der Waals surface area contributed by atoms with Gasteiger partial charge in [0.15, 0.2) is 12.6 Å². The highest BCUT2D eigenvalue weighted by Crippen LogP contribution is 2.29. The first-order chi connectivity index (χ1) is 17.7. The van der Waals surface area contributed by atoms with Gasteiger partial charge in [0.2, 0.25) is 0 Å². The molecular weight excluding hydrogens is 488 g/mol. The minimum atomic E-state index is -1.70. The number of aliphatic hydroxyl groups is 6. The van der Waals surface area contributed by atoms with E-state index in [0.29, 0.717) is 11.5 Å². The second-order valence-electron chi connectivity index (χ2n) is 9.32. The molecule has 2 fully saturated rings. The first kappa shape index (κ1) is 27.7. The van der Waals surface area contributed by atoms with E-state index in [1.807, 2.05) is 38.1 Å². The Morgan fingerprint density at radius 2 is 0.946 bits per heavy atom. The summed E-state index contributed by atoms with van der Waals surface area (Å²) in [6.45, 7) is 3.35. The van der Waals surface area contributed by atoms with Gasteiger partial charge in [-0.15, -0.1) is 0 Å². The Morgan fingerprint density at radius 3 is 1.32 bits per heavy atom. The van der Waals surface area contributed by atoms with Crippen LogP contribution in [-0.2, 0) is 14.2 Å². The van der Waals surface area contributed by atoms with Crippen molar-refractivity contribution in [2.45, 2.75) is 75.3 Å². The number of benzene rings is 2. The molecule has 0 bridgehead atoms. The fraction of sp³-hybridized carbons (Fsp3) is 0.538. The van der Waals surface area contributed by atoms with E-state index in [-0.39, 0.29) is 13.2 Å². The lowest BCUT2D eigenvalue weighted by Crippen LogP contribution is -2.64. The Bertz CT molecular complexity index is 940. The van der Waals surface area contributed by atoms with Gasteiger partial charge >= 0.3 is 0 Å². The molecule has 37 heavy (non-hydrogen) atoms. The molecular formula is C26H34O11. The minimum Gasteiger partial charge on any atom is -0.491 e. The predicted octanol–water partition coefficient (Wildman–Crippen LogP) is -0.607. The molecule has 2 aromatic carbocycles. The predicted molar refractivity (Wildman–Crippen MR) is 128 cm³/mol. The highest BCUT2D eigenvalue weighted by atomic mass is 16.8. The summed E-state index contributed by atoms with van der Waals surface area (Å²) in [4.78, 5) is 0. The zero-order valence-corrected chi connectivity index (χ0v) is 20.5. The third-order valence-electron chi connectivity index (χ3n) is 6.60. The Morgan fingerprint density at radius 1 is 0.568 bits per heavy atom. The van der Waals surface area contributed by atoms with Gasteiger partial charge in [-0.3, -0.25) is 0 Å². The van der Waals surface area contributed by atoms with Crippen LogP contribution >= 0.6 is 0 Å². The largest absolute Gasteiger partial charge is 0.491 e. The van der Waals surface area contributed by atoms with Gasteiger partial charge in [-0.2, -0.15) is 0 Å². The first-order valence-electron chi connectivity index (χ1n) is 12.1. The lowest BCUT2D eigenvalue weighted by atomic mass is 9.98. The molecule has 2 saturated heterocycles. The summed E-state index contributed by atoms with van der Waals surface area (Å²) in [6, 6.07) is 14.4. The van der Waals surface area contributed by atoms with Crippen molar-refractivity contribution in [1.82, 2.24) is 0 Å². The van der Waals surface area contributed by atoms with Crippen LogP contribution in [-0.4, -0.2) is 105 Å². The van der Waals surface area contributed by atoms with E-state index < -0.39 is 61.4 Å². The van der Waals surface area contributed by atoms with Crippen molar-refractivity contribution >= 4 is 0 Å². The van der Waals surface area contributed by atoms with Gasteiger partial charge in [0.1, 0.15) is 73.5 Å². The van der Waals surface area contributed by atoms with Crippen molar-refractivity contribution in [2.75, 3.05) is 13.2 Å². The van der Waals surface area contributed by atoms with E-state index in [4.69, 9.17) is 23.7 Å². The van der Waals surface area contributed by atoms with Crippen molar-refractivity contribution in [1.29, 1.82) is 0 Å². The van der Waals surface area contributed by atoms with Crippen molar-refractivity contribution < 1.29 is 54.3 Å². The van der Waals surface area contributed by atoms with Gasteiger partial charge in [0.25, 0.3) is 0 Å². The quantitative estimate of drug-likeness (QED) is 0.262. The summed E-state index contributed by atoms with van der Waals surface area (Å²) in [5.41, 5.74) is 1.71. The van der Waals surface area contributed by atoms with E-state index in [1.165, 1.54) is 0 Å². The molecule has 11 nitrogen and oxygen atoms in total. The maximum atomic E-state index is 10.5. The lowest BCUT2D eigenvalue weighted by molar-refractivity contribution is -0.375. The molecule has 0 aliphatic carbocycles. The number of hydrogen-bond donors (Lipinski definition) is 6. The van der Waals surface area contributed by atoms with E-state index in [1.54, 1.807) is 24.3 Å². The Labute approximate surface area is 214 Å². The van der Waals surface area contributed by atoms with Crippen LogP contribution in [0, 0.1) is 13.8 Å². The van der Waals surface area contributed by atoms with Gasteiger partial charge in [-0.05, 0) is 37.1 Å². The number of aliphatic hydroxyl groups excluding tert-OH is 6. The molecule has 2 aliphatic rings. The summed E-state index contributed by atoms with van der Waals surface area (Å²) in [5, 5.41) is 62.5. The van der Waals surface area contributed by atoms with Gasteiger partial charge in [-0.1, -0.05) is 36.4 Å². The third-order valence-corrected chi connectivity index (χ3v) is 6.60. The number of aryl methyl sites for hydroxylation is 2. The fourth-order valence-corrected chi connectivity index (χ4v) is 4.25. The van der Waals surface area contributed by atoms with Crippen LogP contribution < -0.4 is 9.47 Å². The average molecular weight is 523 g/mol. The molecule has 2 aliphatic heterocycles. The van der Waals surface area contributed by atoms with E-state index >= 15 is 0 Å². The van der Waals surface area contributed by atoms with Crippen molar-refractivity contribution in [3.8, 4) is 11.5 Å². The third kappa shape index (κ3) is 6.23.